The van der Waals surface area contributed by atoms with E-state index in [1.165, 1.54) is 0 Å². The van der Waals surface area contributed by atoms with Gasteiger partial charge in [0.05, 0.1) is 5.41 Å². The molecule has 18 heavy (non-hydrogen) atoms. The van der Waals surface area contributed by atoms with Crippen molar-refractivity contribution in [2.75, 3.05) is 0 Å². The zero-order valence-corrected chi connectivity index (χ0v) is 11.1. The Hall–Kier alpha value is -1.51. The summed E-state index contributed by atoms with van der Waals surface area (Å²) in [7, 11) is 0. The number of benzene rings is 1. The van der Waals surface area contributed by atoms with Gasteiger partial charge in [-0.3, -0.25) is 4.79 Å². The third kappa shape index (κ3) is 3.49. The van der Waals surface area contributed by atoms with Crippen LogP contribution in [0.25, 0.3) is 0 Å². The lowest BCUT2D eigenvalue weighted by Crippen LogP contribution is -2.32. The van der Waals surface area contributed by atoms with Gasteiger partial charge < -0.3 is 10.2 Å². The topological polar surface area (TPSA) is 57.5 Å². The number of phenolic OH excluding ortho intramolecular Hbond substituents is 1. The Balaban J connectivity index is 2.89. The van der Waals surface area contributed by atoms with Crippen LogP contribution in [0.4, 0.5) is 0 Å². The van der Waals surface area contributed by atoms with E-state index in [1.807, 2.05) is 6.92 Å². The molecule has 1 atom stereocenters. The number of carboxylic acids is 1. The maximum atomic E-state index is 11.6. The number of aromatic hydroxyl groups is 1. The van der Waals surface area contributed by atoms with Gasteiger partial charge in [0.25, 0.3) is 0 Å². The summed E-state index contributed by atoms with van der Waals surface area (Å²) in [5, 5.41) is 18.8. The highest BCUT2D eigenvalue weighted by Crippen LogP contribution is 2.33. The first-order chi connectivity index (χ1) is 8.54. The highest BCUT2D eigenvalue weighted by Gasteiger charge is 2.35. The number of carboxylic acid groups (broad SMARTS) is 1. The van der Waals surface area contributed by atoms with Crippen molar-refractivity contribution in [2.45, 2.75) is 46.0 Å². The highest BCUT2D eigenvalue weighted by molar-refractivity contribution is 5.75. The van der Waals surface area contributed by atoms with E-state index in [9.17, 15) is 15.0 Å². The largest absolute Gasteiger partial charge is 0.508 e. The fourth-order valence-electron chi connectivity index (χ4n) is 2.24. The second-order valence-electron chi connectivity index (χ2n) is 4.89. The molecule has 0 radical (unpaired) electrons. The molecule has 0 amide bonds. The minimum Gasteiger partial charge on any atom is -0.508 e. The van der Waals surface area contributed by atoms with Gasteiger partial charge in [-0.1, -0.05) is 38.8 Å². The number of aliphatic carboxylic acids is 1. The van der Waals surface area contributed by atoms with E-state index in [0.717, 1.165) is 18.4 Å². The van der Waals surface area contributed by atoms with E-state index in [4.69, 9.17) is 0 Å². The molecule has 0 aliphatic carbocycles. The molecule has 0 fully saturated rings. The molecular weight excluding hydrogens is 228 g/mol. The van der Waals surface area contributed by atoms with Crippen LogP contribution >= 0.6 is 0 Å². The van der Waals surface area contributed by atoms with Gasteiger partial charge in [-0.15, -0.1) is 0 Å². The number of phenols is 1. The summed E-state index contributed by atoms with van der Waals surface area (Å²) < 4.78 is 0. The Morgan fingerprint density at radius 1 is 1.22 bits per heavy atom. The summed E-state index contributed by atoms with van der Waals surface area (Å²) in [6, 6.07) is 6.82. The SMILES string of the molecule is CCCCC(CC)(Cc1ccc(O)cc1)C(=O)O. The molecule has 0 saturated carbocycles. The average molecular weight is 250 g/mol. The molecule has 3 nitrogen and oxygen atoms in total. The fourth-order valence-corrected chi connectivity index (χ4v) is 2.24. The first-order valence-electron chi connectivity index (χ1n) is 6.55. The lowest BCUT2D eigenvalue weighted by atomic mass is 9.75. The van der Waals surface area contributed by atoms with Crippen molar-refractivity contribution in [3.05, 3.63) is 29.8 Å². The standard InChI is InChI=1S/C15H22O3/c1-3-5-10-15(4-2,14(17)18)11-12-6-8-13(16)9-7-12/h6-9,16H,3-5,10-11H2,1-2H3,(H,17,18). The van der Waals surface area contributed by atoms with Gasteiger partial charge in [-0.25, -0.2) is 0 Å². The number of rotatable bonds is 7. The summed E-state index contributed by atoms with van der Waals surface area (Å²) in [5.41, 5.74) is 0.292. The van der Waals surface area contributed by atoms with Crippen LogP contribution in [-0.2, 0) is 11.2 Å². The summed E-state index contributed by atoms with van der Waals surface area (Å²) in [6.45, 7) is 4.01. The van der Waals surface area contributed by atoms with Crippen LogP contribution in [0, 0.1) is 5.41 Å². The minimum absolute atomic E-state index is 0.213. The predicted molar refractivity (Wildman–Crippen MR) is 71.7 cm³/mol. The molecule has 0 saturated heterocycles. The lowest BCUT2D eigenvalue weighted by molar-refractivity contribution is -0.149. The van der Waals surface area contributed by atoms with Crippen LogP contribution < -0.4 is 0 Å². The zero-order valence-electron chi connectivity index (χ0n) is 11.1. The third-order valence-corrected chi connectivity index (χ3v) is 3.62. The van der Waals surface area contributed by atoms with E-state index in [1.54, 1.807) is 24.3 Å². The number of unbranched alkanes of at least 4 members (excludes halogenated alkanes) is 1. The number of hydrogen-bond donors (Lipinski definition) is 2. The molecule has 0 heterocycles. The van der Waals surface area contributed by atoms with Crippen molar-refractivity contribution in [1.82, 2.24) is 0 Å². The summed E-state index contributed by atoms with van der Waals surface area (Å²) >= 11 is 0. The second-order valence-corrected chi connectivity index (χ2v) is 4.89. The summed E-state index contributed by atoms with van der Waals surface area (Å²) in [4.78, 5) is 11.6. The van der Waals surface area contributed by atoms with Gasteiger partial charge in [0.2, 0.25) is 0 Å². The smallest absolute Gasteiger partial charge is 0.309 e. The molecule has 1 aromatic carbocycles. The quantitative estimate of drug-likeness (QED) is 0.777. The highest BCUT2D eigenvalue weighted by atomic mass is 16.4. The van der Waals surface area contributed by atoms with Crippen molar-refractivity contribution >= 4 is 5.97 Å². The predicted octanol–water partition coefficient (Wildman–Crippen LogP) is 3.61. The number of carbonyl (C=O) groups is 1. The van der Waals surface area contributed by atoms with Gasteiger partial charge in [-0.05, 0) is 37.0 Å². The van der Waals surface area contributed by atoms with E-state index in [0.29, 0.717) is 19.3 Å². The Labute approximate surface area is 108 Å². The van der Waals surface area contributed by atoms with Gasteiger partial charge in [0.15, 0.2) is 0 Å². The van der Waals surface area contributed by atoms with Crippen LogP contribution in [0.2, 0.25) is 0 Å². The molecule has 0 aromatic heterocycles. The maximum absolute atomic E-state index is 11.6. The van der Waals surface area contributed by atoms with Crippen LogP contribution in [0.5, 0.6) is 5.75 Å². The normalized spacial score (nSPS) is 14.1. The average Bonchev–Trinajstić information content (AvgIpc) is 2.36. The Morgan fingerprint density at radius 3 is 2.28 bits per heavy atom. The van der Waals surface area contributed by atoms with Crippen LogP contribution in [-0.4, -0.2) is 16.2 Å². The van der Waals surface area contributed by atoms with E-state index in [2.05, 4.69) is 6.92 Å². The molecule has 0 aliphatic rings. The fraction of sp³-hybridized carbons (Fsp3) is 0.533. The van der Waals surface area contributed by atoms with Crippen LogP contribution in [0.1, 0.15) is 45.1 Å². The van der Waals surface area contributed by atoms with Crippen molar-refractivity contribution < 1.29 is 15.0 Å². The van der Waals surface area contributed by atoms with Gasteiger partial charge >= 0.3 is 5.97 Å². The maximum Gasteiger partial charge on any atom is 0.309 e. The van der Waals surface area contributed by atoms with Gasteiger partial charge in [0, 0.05) is 0 Å². The number of hydrogen-bond acceptors (Lipinski definition) is 2. The Morgan fingerprint density at radius 2 is 1.83 bits per heavy atom. The third-order valence-electron chi connectivity index (χ3n) is 3.62. The molecule has 1 rings (SSSR count). The molecule has 0 spiro atoms. The van der Waals surface area contributed by atoms with Crippen molar-refractivity contribution in [3.8, 4) is 5.75 Å². The van der Waals surface area contributed by atoms with Crippen molar-refractivity contribution in [2.24, 2.45) is 5.41 Å². The molecule has 0 aliphatic heterocycles. The molecule has 3 heteroatoms. The van der Waals surface area contributed by atoms with Crippen molar-refractivity contribution in [1.29, 1.82) is 0 Å². The molecule has 100 valence electrons. The molecule has 1 unspecified atom stereocenters. The Bertz CT molecular complexity index is 383. The summed E-state index contributed by atoms with van der Waals surface area (Å²) in [5.74, 6) is -0.503. The van der Waals surface area contributed by atoms with Crippen molar-refractivity contribution in [3.63, 3.8) is 0 Å². The second kappa shape index (κ2) is 6.43. The van der Waals surface area contributed by atoms with Gasteiger partial charge in [-0.2, -0.15) is 0 Å². The van der Waals surface area contributed by atoms with Crippen LogP contribution in [0.3, 0.4) is 0 Å². The summed E-state index contributed by atoms with van der Waals surface area (Å²) in [6.07, 6.45) is 3.79. The molecule has 1 aromatic rings. The zero-order chi connectivity index (χ0) is 13.6. The molecule has 2 N–H and O–H groups in total. The lowest BCUT2D eigenvalue weighted by Gasteiger charge is -2.28. The first kappa shape index (κ1) is 14.6. The molecule has 0 bridgehead atoms. The molecular formula is C15H22O3. The van der Waals surface area contributed by atoms with E-state index in [-0.39, 0.29) is 5.75 Å². The first-order valence-corrected chi connectivity index (χ1v) is 6.55. The monoisotopic (exact) mass is 250 g/mol. The van der Waals surface area contributed by atoms with Crippen LogP contribution in [0.15, 0.2) is 24.3 Å². The Kier molecular flexibility index (Phi) is 5.20. The van der Waals surface area contributed by atoms with E-state index < -0.39 is 11.4 Å². The van der Waals surface area contributed by atoms with Gasteiger partial charge in [0.1, 0.15) is 5.75 Å². The van der Waals surface area contributed by atoms with E-state index >= 15 is 0 Å². The minimum atomic E-state index is -0.716.